The fourth-order valence-corrected chi connectivity index (χ4v) is 3.34. The van der Waals surface area contributed by atoms with E-state index >= 15 is 0 Å². The summed E-state index contributed by atoms with van der Waals surface area (Å²) in [6, 6.07) is 8.64. The number of carbonyl (C=O) groups is 1. The van der Waals surface area contributed by atoms with Gasteiger partial charge in [0.15, 0.2) is 0 Å². The summed E-state index contributed by atoms with van der Waals surface area (Å²) in [5, 5.41) is 0. The molecule has 2 fully saturated rings. The lowest BCUT2D eigenvalue weighted by Gasteiger charge is -2.35. The van der Waals surface area contributed by atoms with Gasteiger partial charge in [-0.3, -0.25) is 10.2 Å². The number of benzene rings is 1. The molecule has 3 unspecified atom stereocenters. The van der Waals surface area contributed by atoms with Gasteiger partial charge in [-0.1, -0.05) is 18.1 Å². The van der Waals surface area contributed by atoms with Crippen LogP contribution in [0.2, 0.25) is 0 Å². The Balaban J connectivity index is 1.79. The van der Waals surface area contributed by atoms with Crippen molar-refractivity contribution in [2.75, 3.05) is 20.2 Å². The average Bonchev–Trinajstić information content (AvgIpc) is 2.98. The normalized spacial score (nSPS) is 26.8. The Morgan fingerprint density at radius 2 is 2.27 bits per heavy atom. The molecule has 5 nitrogen and oxygen atoms in total. The molecule has 0 saturated carbocycles. The fourth-order valence-electron chi connectivity index (χ4n) is 3.34. The number of carbonyl (C=O) groups excluding carboxylic acids is 1. The maximum Gasteiger partial charge on any atom is 0.298 e. The smallest absolute Gasteiger partial charge is 0.298 e. The highest BCUT2D eigenvalue weighted by atomic mass is 16.5. The van der Waals surface area contributed by atoms with Crippen molar-refractivity contribution in [2.24, 2.45) is 5.92 Å². The first-order valence-electron chi connectivity index (χ1n) is 7.59. The molecule has 2 aliphatic heterocycles. The molecule has 116 valence electrons. The van der Waals surface area contributed by atoms with Crippen LogP contribution in [0.4, 0.5) is 0 Å². The Kier molecular flexibility index (Phi) is 4.32. The minimum Gasteiger partial charge on any atom is -0.497 e. The Hall–Kier alpha value is -2.03. The molecule has 3 atom stereocenters. The molecule has 0 aromatic heterocycles. The summed E-state index contributed by atoms with van der Waals surface area (Å²) in [5.74, 6) is 6.45. The van der Waals surface area contributed by atoms with Gasteiger partial charge in [0, 0.05) is 25.0 Å². The summed E-state index contributed by atoms with van der Waals surface area (Å²) in [4.78, 5) is 13.9. The minimum atomic E-state index is -0.0720. The maximum atomic E-state index is 12.0. The number of methoxy groups -OCH3 is 1. The van der Waals surface area contributed by atoms with Crippen LogP contribution in [0, 0.1) is 17.8 Å². The summed E-state index contributed by atoms with van der Waals surface area (Å²) in [6.45, 7) is 3.18. The van der Waals surface area contributed by atoms with Gasteiger partial charge in [-0.15, -0.1) is 0 Å². The van der Waals surface area contributed by atoms with Crippen LogP contribution >= 0.6 is 0 Å². The number of piperidine rings is 1. The van der Waals surface area contributed by atoms with Crippen LogP contribution in [0.25, 0.3) is 0 Å². The topological polar surface area (TPSA) is 53.6 Å². The van der Waals surface area contributed by atoms with Gasteiger partial charge in [-0.25, -0.2) is 5.43 Å². The van der Waals surface area contributed by atoms with E-state index in [1.807, 2.05) is 23.1 Å². The van der Waals surface area contributed by atoms with Crippen molar-refractivity contribution in [3.63, 3.8) is 0 Å². The van der Waals surface area contributed by atoms with Crippen LogP contribution in [0.15, 0.2) is 24.3 Å². The molecule has 0 spiro atoms. The molecule has 22 heavy (non-hydrogen) atoms. The third-order valence-corrected chi connectivity index (χ3v) is 4.48. The van der Waals surface area contributed by atoms with Gasteiger partial charge >= 0.3 is 0 Å². The highest BCUT2D eigenvalue weighted by Crippen LogP contribution is 2.34. The van der Waals surface area contributed by atoms with Crippen LogP contribution in [-0.2, 0) is 4.79 Å². The Labute approximate surface area is 131 Å². The van der Waals surface area contributed by atoms with Crippen LogP contribution in [-0.4, -0.2) is 37.0 Å². The van der Waals surface area contributed by atoms with Gasteiger partial charge in [0.2, 0.25) is 0 Å². The van der Waals surface area contributed by atoms with E-state index in [-0.39, 0.29) is 11.9 Å². The first-order chi connectivity index (χ1) is 10.7. The largest absolute Gasteiger partial charge is 0.497 e. The highest BCUT2D eigenvalue weighted by Gasteiger charge is 2.41. The van der Waals surface area contributed by atoms with E-state index in [0.717, 1.165) is 25.3 Å². The van der Waals surface area contributed by atoms with Crippen molar-refractivity contribution in [1.29, 1.82) is 0 Å². The van der Waals surface area contributed by atoms with Crippen LogP contribution in [0.3, 0.4) is 0 Å². The number of nitrogens with one attached hydrogen (secondary N) is 2. The molecule has 1 aromatic rings. The number of ether oxygens (including phenoxy) is 1. The maximum absolute atomic E-state index is 12.0. The Morgan fingerprint density at radius 1 is 1.41 bits per heavy atom. The molecule has 2 saturated heterocycles. The van der Waals surface area contributed by atoms with Gasteiger partial charge in [0.05, 0.1) is 13.2 Å². The standard InChI is InChI=1S/C17H21N3O2/c1-3-5-16(21)20-9-8-15-14(11-20)17(19-18-15)12-6-4-7-13(10-12)22-2/h4,6-7,10,14-15,17-19H,8-9,11H2,1-2H3. The molecule has 0 bridgehead atoms. The molecule has 0 aliphatic carbocycles. The summed E-state index contributed by atoms with van der Waals surface area (Å²) < 4.78 is 5.31. The summed E-state index contributed by atoms with van der Waals surface area (Å²) in [6.07, 6.45) is 0.940. The van der Waals surface area contributed by atoms with Gasteiger partial charge in [-0.2, -0.15) is 0 Å². The first-order valence-corrected chi connectivity index (χ1v) is 7.59. The van der Waals surface area contributed by atoms with E-state index in [1.54, 1.807) is 14.0 Å². The molecule has 1 aromatic carbocycles. The van der Waals surface area contributed by atoms with E-state index < -0.39 is 0 Å². The van der Waals surface area contributed by atoms with E-state index in [4.69, 9.17) is 4.74 Å². The van der Waals surface area contributed by atoms with Gasteiger partial charge < -0.3 is 9.64 Å². The molecule has 2 aliphatic rings. The predicted octanol–water partition coefficient (Wildman–Crippen LogP) is 1.08. The van der Waals surface area contributed by atoms with Crippen LogP contribution in [0.1, 0.15) is 24.9 Å². The second-order valence-corrected chi connectivity index (χ2v) is 5.73. The van der Waals surface area contributed by atoms with E-state index in [2.05, 4.69) is 28.8 Å². The molecule has 2 heterocycles. The van der Waals surface area contributed by atoms with Gasteiger partial charge in [-0.05, 0) is 37.0 Å². The zero-order chi connectivity index (χ0) is 15.5. The van der Waals surface area contributed by atoms with Crippen molar-refractivity contribution in [3.05, 3.63) is 29.8 Å². The van der Waals surface area contributed by atoms with E-state index in [9.17, 15) is 4.79 Å². The Morgan fingerprint density at radius 3 is 3.05 bits per heavy atom. The number of rotatable bonds is 2. The van der Waals surface area contributed by atoms with Crippen molar-refractivity contribution in [3.8, 4) is 17.6 Å². The number of hydrogen-bond acceptors (Lipinski definition) is 4. The number of nitrogens with zero attached hydrogens (tertiary/aromatic N) is 1. The molecular weight excluding hydrogens is 278 g/mol. The lowest BCUT2D eigenvalue weighted by Crippen LogP contribution is -2.47. The predicted molar refractivity (Wildman–Crippen MR) is 83.9 cm³/mol. The Bertz CT molecular complexity index is 620. The van der Waals surface area contributed by atoms with Gasteiger partial charge in [0.1, 0.15) is 5.75 Å². The highest BCUT2D eigenvalue weighted by molar-refractivity contribution is 5.93. The van der Waals surface area contributed by atoms with Crippen LogP contribution < -0.4 is 15.6 Å². The van der Waals surface area contributed by atoms with E-state index in [0.29, 0.717) is 12.0 Å². The minimum absolute atomic E-state index is 0.0720. The monoisotopic (exact) mass is 299 g/mol. The van der Waals surface area contributed by atoms with Gasteiger partial charge in [0.25, 0.3) is 5.91 Å². The van der Waals surface area contributed by atoms with Crippen molar-refractivity contribution in [2.45, 2.75) is 25.4 Å². The lowest BCUT2D eigenvalue weighted by atomic mass is 9.85. The zero-order valence-electron chi connectivity index (χ0n) is 12.9. The molecule has 3 rings (SSSR count). The number of likely N-dealkylation sites (tertiary alicyclic amines) is 1. The first kappa shape index (κ1) is 14.9. The van der Waals surface area contributed by atoms with Crippen molar-refractivity contribution in [1.82, 2.24) is 15.8 Å². The molecule has 0 radical (unpaired) electrons. The molecular formula is C17H21N3O2. The average molecular weight is 299 g/mol. The fraction of sp³-hybridized carbons (Fsp3) is 0.471. The quantitative estimate of drug-likeness (QED) is 0.803. The number of amides is 1. The van der Waals surface area contributed by atoms with E-state index in [1.165, 1.54) is 5.56 Å². The van der Waals surface area contributed by atoms with Crippen molar-refractivity contribution < 1.29 is 9.53 Å². The third-order valence-electron chi connectivity index (χ3n) is 4.48. The number of hydrazine groups is 1. The zero-order valence-corrected chi connectivity index (χ0v) is 12.9. The number of fused-ring (bicyclic) bond motifs is 1. The molecule has 2 N–H and O–H groups in total. The second-order valence-electron chi connectivity index (χ2n) is 5.73. The number of hydrogen-bond donors (Lipinski definition) is 2. The SMILES string of the molecule is CC#CC(=O)N1CCC2NNC(c3cccc(OC)c3)C2C1. The summed E-state index contributed by atoms with van der Waals surface area (Å²) in [7, 11) is 1.67. The van der Waals surface area contributed by atoms with Crippen LogP contribution in [0.5, 0.6) is 5.75 Å². The second kappa shape index (κ2) is 6.39. The molecule has 1 amide bonds. The third kappa shape index (κ3) is 2.80. The van der Waals surface area contributed by atoms with Crippen molar-refractivity contribution >= 4 is 5.91 Å². The lowest BCUT2D eigenvalue weighted by molar-refractivity contribution is -0.127. The summed E-state index contributed by atoms with van der Waals surface area (Å²) in [5.41, 5.74) is 7.93. The molecule has 5 heteroatoms. The summed E-state index contributed by atoms with van der Waals surface area (Å²) >= 11 is 0.